The standard InChI is InChI=1S/C15H27N5O/c1-5-10-16-13-17-14(19-15(18-13)21-11(2)3)20(4)12-8-6-7-9-12/h11-12H,5-10H2,1-4H3,(H,16,17,18,19). The molecule has 0 amide bonds. The molecule has 1 N–H and O–H groups in total. The summed E-state index contributed by atoms with van der Waals surface area (Å²) in [6, 6.07) is 0.928. The van der Waals surface area contributed by atoms with E-state index in [0.717, 1.165) is 13.0 Å². The molecule has 6 heteroatoms. The van der Waals surface area contributed by atoms with Gasteiger partial charge < -0.3 is 15.0 Å². The molecule has 1 heterocycles. The van der Waals surface area contributed by atoms with Crippen LogP contribution in [-0.2, 0) is 0 Å². The van der Waals surface area contributed by atoms with E-state index in [1.54, 1.807) is 0 Å². The molecule has 1 saturated carbocycles. The number of anilines is 2. The number of aromatic nitrogens is 3. The van der Waals surface area contributed by atoms with Crippen LogP contribution in [0.4, 0.5) is 11.9 Å². The van der Waals surface area contributed by atoms with Gasteiger partial charge in [0.25, 0.3) is 0 Å². The average molecular weight is 293 g/mol. The maximum Gasteiger partial charge on any atom is 0.323 e. The molecule has 0 radical (unpaired) electrons. The molecule has 0 unspecified atom stereocenters. The first-order chi connectivity index (χ1) is 10.1. The monoisotopic (exact) mass is 293 g/mol. The van der Waals surface area contributed by atoms with Crippen LogP contribution in [0.1, 0.15) is 52.9 Å². The summed E-state index contributed by atoms with van der Waals surface area (Å²) in [6.07, 6.45) is 6.07. The molecule has 1 aliphatic carbocycles. The van der Waals surface area contributed by atoms with E-state index in [2.05, 4.69) is 39.1 Å². The smallest absolute Gasteiger partial charge is 0.323 e. The lowest BCUT2D eigenvalue weighted by molar-refractivity contribution is 0.222. The number of nitrogens with zero attached hydrogens (tertiary/aromatic N) is 4. The van der Waals surface area contributed by atoms with Crippen molar-refractivity contribution in [2.45, 2.75) is 65.0 Å². The van der Waals surface area contributed by atoms with Gasteiger partial charge in [0.15, 0.2) is 0 Å². The molecule has 0 atom stereocenters. The van der Waals surface area contributed by atoms with Crippen LogP contribution in [0.3, 0.4) is 0 Å². The second-order valence-electron chi connectivity index (χ2n) is 5.88. The van der Waals surface area contributed by atoms with Crippen LogP contribution >= 0.6 is 0 Å². The van der Waals surface area contributed by atoms with E-state index in [-0.39, 0.29) is 6.10 Å². The average Bonchev–Trinajstić information content (AvgIpc) is 2.97. The van der Waals surface area contributed by atoms with Gasteiger partial charge in [0, 0.05) is 19.6 Å². The van der Waals surface area contributed by atoms with Crippen molar-refractivity contribution in [3.05, 3.63) is 0 Å². The van der Waals surface area contributed by atoms with Crippen molar-refractivity contribution < 1.29 is 4.74 Å². The van der Waals surface area contributed by atoms with Crippen molar-refractivity contribution in [1.82, 2.24) is 15.0 Å². The second-order valence-corrected chi connectivity index (χ2v) is 5.88. The van der Waals surface area contributed by atoms with Gasteiger partial charge in [-0.25, -0.2) is 0 Å². The Kier molecular flexibility index (Phi) is 5.59. The Hall–Kier alpha value is -1.59. The Balaban J connectivity index is 2.20. The number of hydrogen-bond donors (Lipinski definition) is 1. The summed E-state index contributed by atoms with van der Waals surface area (Å²) in [7, 11) is 2.06. The summed E-state index contributed by atoms with van der Waals surface area (Å²) in [5, 5.41) is 3.22. The van der Waals surface area contributed by atoms with Gasteiger partial charge >= 0.3 is 6.01 Å². The second kappa shape index (κ2) is 7.43. The molecule has 0 saturated heterocycles. The van der Waals surface area contributed by atoms with Crippen LogP contribution in [0.15, 0.2) is 0 Å². The summed E-state index contributed by atoms with van der Waals surface area (Å²) in [5.74, 6) is 1.30. The fourth-order valence-electron chi connectivity index (χ4n) is 2.54. The highest BCUT2D eigenvalue weighted by molar-refractivity contribution is 5.38. The first kappa shape index (κ1) is 15.8. The van der Waals surface area contributed by atoms with Crippen molar-refractivity contribution in [3.8, 4) is 6.01 Å². The third-order valence-corrected chi connectivity index (χ3v) is 3.67. The van der Waals surface area contributed by atoms with E-state index in [4.69, 9.17) is 4.74 Å². The topological polar surface area (TPSA) is 63.2 Å². The van der Waals surface area contributed by atoms with E-state index in [1.165, 1.54) is 25.7 Å². The molecule has 21 heavy (non-hydrogen) atoms. The highest BCUT2D eigenvalue weighted by atomic mass is 16.5. The maximum atomic E-state index is 5.66. The first-order valence-corrected chi connectivity index (χ1v) is 7.99. The number of ether oxygens (including phenoxy) is 1. The lowest BCUT2D eigenvalue weighted by Crippen LogP contribution is -2.31. The fourth-order valence-corrected chi connectivity index (χ4v) is 2.54. The molecule has 1 aromatic rings. The van der Waals surface area contributed by atoms with Crippen LogP contribution in [0.5, 0.6) is 6.01 Å². The highest BCUT2D eigenvalue weighted by Gasteiger charge is 2.23. The minimum atomic E-state index is 0.0519. The van der Waals surface area contributed by atoms with Crippen LogP contribution in [0.25, 0.3) is 0 Å². The van der Waals surface area contributed by atoms with Gasteiger partial charge in [-0.3, -0.25) is 0 Å². The molecule has 0 aliphatic heterocycles. The summed E-state index contributed by atoms with van der Waals surface area (Å²) < 4.78 is 5.66. The van der Waals surface area contributed by atoms with Crippen LogP contribution in [-0.4, -0.2) is 40.7 Å². The van der Waals surface area contributed by atoms with E-state index >= 15 is 0 Å². The zero-order valence-corrected chi connectivity index (χ0v) is 13.6. The maximum absolute atomic E-state index is 5.66. The van der Waals surface area contributed by atoms with Crippen LogP contribution in [0, 0.1) is 0 Å². The molecule has 1 aromatic heterocycles. The SMILES string of the molecule is CCCNc1nc(OC(C)C)nc(N(C)C2CCCC2)n1. The van der Waals surface area contributed by atoms with Gasteiger partial charge in [0.2, 0.25) is 11.9 Å². The lowest BCUT2D eigenvalue weighted by atomic mass is 10.2. The van der Waals surface area contributed by atoms with E-state index < -0.39 is 0 Å². The van der Waals surface area contributed by atoms with Crippen LogP contribution < -0.4 is 15.0 Å². The quantitative estimate of drug-likeness (QED) is 0.834. The van der Waals surface area contributed by atoms with E-state index in [9.17, 15) is 0 Å². The normalized spacial score (nSPS) is 15.5. The Morgan fingerprint density at radius 2 is 1.95 bits per heavy atom. The van der Waals surface area contributed by atoms with Gasteiger partial charge in [-0.1, -0.05) is 19.8 Å². The van der Waals surface area contributed by atoms with Gasteiger partial charge in [-0.2, -0.15) is 15.0 Å². The molecular formula is C15H27N5O. The zero-order valence-electron chi connectivity index (χ0n) is 13.6. The minimum absolute atomic E-state index is 0.0519. The van der Waals surface area contributed by atoms with Crippen molar-refractivity contribution >= 4 is 11.9 Å². The molecule has 0 spiro atoms. The number of rotatable bonds is 7. The van der Waals surface area contributed by atoms with Crippen molar-refractivity contribution in [1.29, 1.82) is 0 Å². The van der Waals surface area contributed by atoms with Gasteiger partial charge in [0.1, 0.15) is 0 Å². The Morgan fingerprint density at radius 3 is 2.57 bits per heavy atom. The Morgan fingerprint density at radius 1 is 1.24 bits per heavy atom. The summed E-state index contributed by atoms with van der Waals surface area (Å²) in [6.45, 7) is 6.91. The molecule has 1 fully saturated rings. The number of nitrogens with one attached hydrogen (secondary N) is 1. The van der Waals surface area contributed by atoms with E-state index in [0.29, 0.717) is 23.9 Å². The summed E-state index contributed by atoms with van der Waals surface area (Å²) in [5.41, 5.74) is 0. The van der Waals surface area contributed by atoms with Crippen molar-refractivity contribution in [2.75, 3.05) is 23.8 Å². The van der Waals surface area contributed by atoms with Gasteiger partial charge in [-0.05, 0) is 33.1 Å². The lowest BCUT2D eigenvalue weighted by Gasteiger charge is -2.24. The highest BCUT2D eigenvalue weighted by Crippen LogP contribution is 2.26. The third kappa shape index (κ3) is 4.44. The molecule has 2 rings (SSSR count). The Bertz CT molecular complexity index is 446. The third-order valence-electron chi connectivity index (χ3n) is 3.67. The predicted octanol–water partition coefficient (Wildman–Crippen LogP) is 2.86. The fraction of sp³-hybridized carbons (Fsp3) is 0.800. The summed E-state index contributed by atoms with van der Waals surface area (Å²) in [4.78, 5) is 15.5. The van der Waals surface area contributed by atoms with Gasteiger partial charge in [-0.15, -0.1) is 0 Å². The molecule has 1 aliphatic rings. The minimum Gasteiger partial charge on any atom is -0.461 e. The molecule has 0 aromatic carbocycles. The van der Waals surface area contributed by atoms with Crippen molar-refractivity contribution in [2.24, 2.45) is 0 Å². The molecule has 6 nitrogen and oxygen atoms in total. The van der Waals surface area contributed by atoms with Crippen molar-refractivity contribution in [3.63, 3.8) is 0 Å². The van der Waals surface area contributed by atoms with Gasteiger partial charge in [0.05, 0.1) is 6.10 Å². The molecular weight excluding hydrogens is 266 g/mol. The molecule has 118 valence electrons. The zero-order chi connectivity index (χ0) is 15.2. The summed E-state index contributed by atoms with van der Waals surface area (Å²) >= 11 is 0. The number of hydrogen-bond acceptors (Lipinski definition) is 6. The Labute approximate surface area is 127 Å². The first-order valence-electron chi connectivity index (χ1n) is 7.99. The predicted molar refractivity (Wildman–Crippen MR) is 85.0 cm³/mol. The largest absolute Gasteiger partial charge is 0.461 e. The molecule has 0 bridgehead atoms. The van der Waals surface area contributed by atoms with E-state index in [1.807, 2.05) is 13.8 Å². The van der Waals surface area contributed by atoms with Crippen LogP contribution in [0.2, 0.25) is 0 Å².